The Morgan fingerprint density at radius 2 is 1.90 bits per heavy atom. The van der Waals surface area contributed by atoms with Crippen molar-refractivity contribution in [3.05, 3.63) is 44.6 Å². The number of ether oxygens (including phenoxy) is 2. The average Bonchev–Trinajstić information content (AvgIpc) is 3.15. The fraction of sp³-hybridized carbons (Fsp3) is 0.294. The second-order valence-corrected chi connectivity index (χ2v) is 9.95. The molecule has 2 heterocycles. The lowest BCUT2D eigenvalue weighted by atomic mass is 10.3. The molecule has 1 saturated heterocycles. The number of nitrogens with one attached hydrogen (secondary N) is 1. The zero-order valence-electron chi connectivity index (χ0n) is 14.9. The molecule has 2 aromatic rings. The van der Waals surface area contributed by atoms with Crippen molar-refractivity contribution in [2.24, 2.45) is 0 Å². The Balaban J connectivity index is 1.66. The number of carbonyl (C=O) groups excluding carboxylic acids is 2. The van der Waals surface area contributed by atoms with E-state index in [-0.39, 0.29) is 33.6 Å². The summed E-state index contributed by atoms with van der Waals surface area (Å²) in [5, 5.41) is 2.61. The second kappa shape index (κ2) is 9.41. The van der Waals surface area contributed by atoms with Crippen LogP contribution < -0.4 is 5.32 Å². The molecule has 8 nitrogen and oxygen atoms in total. The Bertz CT molecular complexity index is 1020. The first-order valence-electron chi connectivity index (χ1n) is 8.37. The minimum Gasteiger partial charge on any atom is -0.451 e. The summed E-state index contributed by atoms with van der Waals surface area (Å²) in [6, 6.07) is 7.05. The molecule has 0 unspecified atom stereocenters. The molecule has 0 saturated carbocycles. The molecule has 156 valence electrons. The maximum absolute atomic E-state index is 12.7. The lowest BCUT2D eigenvalue weighted by Crippen LogP contribution is -2.40. The van der Waals surface area contributed by atoms with Crippen molar-refractivity contribution in [3.63, 3.8) is 0 Å². The summed E-state index contributed by atoms with van der Waals surface area (Å²) in [4.78, 5) is 24.2. The monoisotopic (exact) mass is 478 g/mol. The first-order chi connectivity index (χ1) is 13.8. The first kappa shape index (κ1) is 22.0. The number of benzene rings is 1. The minimum absolute atomic E-state index is 0.00989. The second-order valence-electron chi connectivity index (χ2n) is 5.89. The predicted octanol–water partition coefficient (Wildman–Crippen LogP) is 2.87. The van der Waals surface area contributed by atoms with Crippen LogP contribution in [0, 0.1) is 0 Å². The predicted molar refractivity (Wildman–Crippen MR) is 109 cm³/mol. The number of morpholine rings is 1. The van der Waals surface area contributed by atoms with Crippen LogP contribution in [0.2, 0.25) is 9.36 Å². The zero-order chi connectivity index (χ0) is 21.0. The van der Waals surface area contributed by atoms with Gasteiger partial charge >= 0.3 is 5.97 Å². The van der Waals surface area contributed by atoms with Gasteiger partial charge in [0.25, 0.3) is 5.91 Å². The molecule has 1 amide bonds. The number of hydrogen-bond donors (Lipinski definition) is 1. The molecule has 0 bridgehead atoms. The lowest BCUT2D eigenvalue weighted by molar-refractivity contribution is -0.119. The van der Waals surface area contributed by atoms with Crippen LogP contribution in [0.3, 0.4) is 0 Å². The Labute approximate surface area is 181 Å². The van der Waals surface area contributed by atoms with Crippen molar-refractivity contribution in [2.45, 2.75) is 4.90 Å². The third-order valence-electron chi connectivity index (χ3n) is 3.93. The number of esters is 1. The third kappa shape index (κ3) is 5.47. The largest absolute Gasteiger partial charge is 0.451 e. The van der Waals surface area contributed by atoms with Gasteiger partial charge in [0.1, 0.15) is 4.88 Å². The molecule has 1 aromatic heterocycles. The zero-order valence-corrected chi connectivity index (χ0v) is 18.0. The fourth-order valence-electron chi connectivity index (χ4n) is 2.51. The molecule has 1 aliphatic heterocycles. The van der Waals surface area contributed by atoms with Gasteiger partial charge in [-0.2, -0.15) is 4.31 Å². The van der Waals surface area contributed by atoms with Crippen molar-refractivity contribution in [1.82, 2.24) is 4.31 Å². The number of anilines is 1. The molecule has 0 aliphatic carbocycles. The summed E-state index contributed by atoms with van der Waals surface area (Å²) >= 11 is 12.9. The molecule has 0 atom stereocenters. The summed E-state index contributed by atoms with van der Waals surface area (Å²) in [5.74, 6) is -1.35. The molecule has 0 spiro atoms. The number of sulfonamides is 1. The van der Waals surface area contributed by atoms with Crippen LogP contribution in [0.25, 0.3) is 0 Å². The van der Waals surface area contributed by atoms with E-state index in [2.05, 4.69) is 5.32 Å². The standard InChI is InChI=1S/C17H16Cl2N2O6S2/c18-12-2-1-11(29(24,25)21-5-7-26-8-6-21)9-13(12)20-16(22)10-27-17(23)14-3-4-15(19)28-14/h1-4,9H,5-8,10H2,(H,20,22). The van der Waals surface area contributed by atoms with Crippen molar-refractivity contribution in [3.8, 4) is 0 Å². The number of hydrogen-bond acceptors (Lipinski definition) is 7. The normalized spacial score (nSPS) is 15.1. The molecule has 3 rings (SSSR count). The molecule has 1 aliphatic rings. The van der Waals surface area contributed by atoms with E-state index in [4.69, 9.17) is 32.7 Å². The maximum Gasteiger partial charge on any atom is 0.348 e. The number of nitrogens with zero attached hydrogens (tertiary/aromatic N) is 1. The Morgan fingerprint density at radius 3 is 2.55 bits per heavy atom. The van der Waals surface area contributed by atoms with Gasteiger partial charge in [-0.25, -0.2) is 13.2 Å². The summed E-state index contributed by atoms with van der Waals surface area (Å²) < 4.78 is 37.3. The SMILES string of the molecule is O=C(COC(=O)c1ccc(Cl)s1)Nc1cc(S(=O)(=O)N2CCOCC2)ccc1Cl. The Morgan fingerprint density at radius 1 is 1.17 bits per heavy atom. The van der Waals surface area contributed by atoms with E-state index in [0.29, 0.717) is 17.6 Å². The Hall–Kier alpha value is -1.69. The van der Waals surface area contributed by atoms with E-state index < -0.39 is 28.5 Å². The number of thiophene rings is 1. The smallest absolute Gasteiger partial charge is 0.348 e. The molecule has 1 aromatic carbocycles. The van der Waals surface area contributed by atoms with Gasteiger partial charge in [0, 0.05) is 13.1 Å². The van der Waals surface area contributed by atoms with Crippen LogP contribution in [-0.2, 0) is 24.3 Å². The third-order valence-corrected chi connectivity index (χ3v) is 7.36. The van der Waals surface area contributed by atoms with E-state index in [1.54, 1.807) is 6.07 Å². The summed E-state index contributed by atoms with van der Waals surface area (Å²) in [5.41, 5.74) is 0.0984. The molecular weight excluding hydrogens is 463 g/mol. The van der Waals surface area contributed by atoms with Gasteiger partial charge in [-0.05, 0) is 30.3 Å². The van der Waals surface area contributed by atoms with Gasteiger partial charge in [-0.15, -0.1) is 11.3 Å². The summed E-state index contributed by atoms with van der Waals surface area (Å²) in [6.07, 6.45) is 0. The highest BCUT2D eigenvalue weighted by atomic mass is 35.5. The maximum atomic E-state index is 12.7. The van der Waals surface area contributed by atoms with E-state index in [1.165, 1.54) is 28.6 Å². The molecule has 12 heteroatoms. The number of rotatable bonds is 6. The van der Waals surface area contributed by atoms with Crippen LogP contribution >= 0.6 is 34.5 Å². The number of carbonyl (C=O) groups is 2. The highest BCUT2D eigenvalue weighted by Gasteiger charge is 2.27. The van der Waals surface area contributed by atoms with Gasteiger partial charge in [0.15, 0.2) is 6.61 Å². The molecule has 0 radical (unpaired) electrons. The molecule has 29 heavy (non-hydrogen) atoms. The van der Waals surface area contributed by atoms with Crippen molar-refractivity contribution in [2.75, 3.05) is 38.2 Å². The van der Waals surface area contributed by atoms with Crippen molar-refractivity contribution in [1.29, 1.82) is 0 Å². The van der Waals surface area contributed by atoms with Gasteiger partial charge in [0.05, 0.1) is 33.2 Å². The van der Waals surface area contributed by atoms with E-state index in [0.717, 1.165) is 11.3 Å². The minimum atomic E-state index is -3.75. The highest BCUT2D eigenvalue weighted by Crippen LogP contribution is 2.27. The molecular formula is C17H16Cl2N2O6S2. The average molecular weight is 479 g/mol. The van der Waals surface area contributed by atoms with Crippen molar-refractivity contribution >= 4 is 62.1 Å². The summed E-state index contributed by atoms with van der Waals surface area (Å²) in [6.45, 7) is 0.560. The lowest BCUT2D eigenvalue weighted by Gasteiger charge is -2.26. The van der Waals surface area contributed by atoms with Crippen molar-refractivity contribution < 1.29 is 27.5 Å². The summed E-state index contributed by atoms with van der Waals surface area (Å²) in [7, 11) is -3.75. The first-order valence-corrected chi connectivity index (χ1v) is 11.4. The fourth-order valence-corrected chi connectivity index (χ4v) is 5.05. The van der Waals surface area contributed by atoms with Crippen LogP contribution in [0.1, 0.15) is 9.67 Å². The van der Waals surface area contributed by atoms with E-state index in [9.17, 15) is 18.0 Å². The Kier molecular flexibility index (Phi) is 7.14. The molecule has 1 N–H and O–H groups in total. The van der Waals surface area contributed by atoms with Gasteiger partial charge in [0.2, 0.25) is 10.0 Å². The van der Waals surface area contributed by atoms with E-state index >= 15 is 0 Å². The topological polar surface area (TPSA) is 102 Å². The van der Waals surface area contributed by atoms with Gasteiger partial charge < -0.3 is 14.8 Å². The van der Waals surface area contributed by atoms with E-state index in [1.807, 2.05) is 0 Å². The van der Waals surface area contributed by atoms with Crippen LogP contribution in [-0.4, -0.2) is 57.5 Å². The van der Waals surface area contributed by atoms with Crippen LogP contribution in [0.4, 0.5) is 5.69 Å². The quantitative estimate of drug-likeness (QED) is 0.640. The van der Waals surface area contributed by atoms with Gasteiger partial charge in [-0.3, -0.25) is 4.79 Å². The van der Waals surface area contributed by atoms with Crippen LogP contribution in [0.5, 0.6) is 0 Å². The van der Waals surface area contributed by atoms with Gasteiger partial charge in [-0.1, -0.05) is 23.2 Å². The molecule has 1 fully saturated rings. The van der Waals surface area contributed by atoms with Crippen LogP contribution in [0.15, 0.2) is 35.2 Å². The number of amides is 1. The number of halogens is 2. The highest BCUT2D eigenvalue weighted by molar-refractivity contribution is 7.89.